The Morgan fingerprint density at radius 2 is 1.79 bits per heavy atom. The SMILES string of the molecule is CC(C)(O)CSc1nnc(CN2CCCC2)n1Cc1ccccc1. The molecular weight excluding hydrogens is 320 g/mol. The molecule has 1 aliphatic heterocycles. The number of thioether (sulfide) groups is 1. The average Bonchev–Trinajstić information content (AvgIpc) is 3.17. The zero-order chi connectivity index (χ0) is 17.0. The molecule has 0 saturated carbocycles. The van der Waals surface area contributed by atoms with E-state index in [1.54, 1.807) is 11.8 Å². The van der Waals surface area contributed by atoms with Crippen LogP contribution in [-0.2, 0) is 13.1 Å². The number of nitrogens with zero attached hydrogens (tertiary/aromatic N) is 4. The molecule has 0 radical (unpaired) electrons. The highest BCUT2D eigenvalue weighted by Gasteiger charge is 2.20. The Morgan fingerprint density at radius 1 is 1.08 bits per heavy atom. The zero-order valence-corrected chi connectivity index (χ0v) is 15.3. The first-order valence-electron chi connectivity index (χ1n) is 8.55. The first-order chi connectivity index (χ1) is 11.5. The van der Waals surface area contributed by atoms with E-state index in [2.05, 4.69) is 43.9 Å². The monoisotopic (exact) mass is 346 g/mol. The molecule has 2 heterocycles. The Morgan fingerprint density at radius 3 is 2.46 bits per heavy atom. The van der Waals surface area contributed by atoms with E-state index in [1.807, 2.05) is 19.9 Å². The standard InChI is InChI=1S/C18H26N4OS/c1-18(2,23)14-24-17-20-19-16(13-21-10-6-7-11-21)22(17)12-15-8-4-3-5-9-15/h3-5,8-9,23H,6-7,10-14H2,1-2H3. The fraction of sp³-hybridized carbons (Fsp3) is 0.556. The molecule has 1 fully saturated rings. The van der Waals surface area contributed by atoms with Gasteiger partial charge < -0.3 is 9.67 Å². The van der Waals surface area contributed by atoms with Crippen molar-refractivity contribution in [2.45, 2.75) is 50.5 Å². The molecular formula is C18H26N4OS. The van der Waals surface area contributed by atoms with Crippen LogP contribution in [0.4, 0.5) is 0 Å². The Balaban J connectivity index is 1.80. The third kappa shape index (κ3) is 4.82. The van der Waals surface area contributed by atoms with Gasteiger partial charge in [0.1, 0.15) is 5.82 Å². The summed E-state index contributed by atoms with van der Waals surface area (Å²) in [5.74, 6) is 1.61. The molecule has 0 bridgehead atoms. The molecule has 0 spiro atoms. The largest absolute Gasteiger partial charge is 0.390 e. The molecule has 24 heavy (non-hydrogen) atoms. The second kappa shape index (κ2) is 7.68. The molecule has 1 aromatic carbocycles. The van der Waals surface area contributed by atoms with Crippen LogP contribution in [0.1, 0.15) is 38.1 Å². The number of hydrogen-bond donors (Lipinski definition) is 1. The maximum atomic E-state index is 10.0. The van der Waals surface area contributed by atoms with Gasteiger partial charge in [0.25, 0.3) is 0 Å². The maximum absolute atomic E-state index is 10.0. The first-order valence-corrected chi connectivity index (χ1v) is 9.53. The van der Waals surface area contributed by atoms with E-state index in [9.17, 15) is 5.11 Å². The average molecular weight is 347 g/mol. The van der Waals surface area contributed by atoms with Gasteiger partial charge in [-0.2, -0.15) is 0 Å². The van der Waals surface area contributed by atoms with Crippen molar-refractivity contribution < 1.29 is 5.11 Å². The lowest BCUT2D eigenvalue weighted by atomic mass is 10.2. The molecule has 5 nitrogen and oxygen atoms in total. The highest BCUT2D eigenvalue weighted by Crippen LogP contribution is 2.24. The number of rotatable bonds is 7. The second-order valence-corrected chi connectivity index (χ2v) is 8.00. The fourth-order valence-electron chi connectivity index (χ4n) is 2.85. The molecule has 6 heteroatoms. The third-order valence-corrected chi connectivity index (χ3v) is 5.51. The van der Waals surface area contributed by atoms with Gasteiger partial charge in [-0.25, -0.2) is 0 Å². The van der Waals surface area contributed by atoms with Gasteiger partial charge in [-0.05, 0) is 45.3 Å². The van der Waals surface area contributed by atoms with E-state index >= 15 is 0 Å². The lowest BCUT2D eigenvalue weighted by Gasteiger charge is -2.18. The molecule has 2 aromatic rings. The first kappa shape index (κ1) is 17.5. The fourth-order valence-corrected chi connectivity index (χ4v) is 3.76. The van der Waals surface area contributed by atoms with E-state index in [1.165, 1.54) is 18.4 Å². The minimum Gasteiger partial charge on any atom is -0.390 e. The Kier molecular flexibility index (Phi) is 5.58. The number of hydrogen-bond acceptors (Lipinski definition) is 5. The molecule has 1 saturated heterocycles. The smallest absolute Gasteiger partial charge is 0.191 e. The summed E-state index contributed by atoms with van der Waals surface area (Å²) in [7, 11) is 0. The molecule has 1 aromatic heterocycles. The highest BCUT2D eigenvalue weighted by molar-refractivity contribution is 7.99. The van der Waals surface area contributed by atoms with Crippen LogP contribution in [-0.4, -0.2) is 49.2 Å². The number of aliphatic hydroxyl groups is 1. The number of likely N-dealkylation sites (tertiary alicyclic amines) is 1. The lowest BCUT2D eigenvalue weighted by Crippen LogP contribution is -2.23. The zero-order valence-electron chi connectivity index (χ0n) is 14.5. The summed E-state index contributed by atoms with van der Waals surface area (Å²) in [6, 6.07) is 10.4. The van der Waals surface area contributed by atoms with E-state index in [0.717, 1.165) is 37.2 Å². The Hall–Kier alpha value is -1.37. The van der Waals surface area contributed by atoms with Crippen molar-refractivity contribution in [1.29, 1.82) is 0 Å². The molecule has 1 N–H and O–H groups in total. The summed E-state index contributed by atoms with van der Waals surface area (Å²) < 4.78 is 2.20. The molecule has 1 aliphatic rings. The van der Waals surface area contributed by atoms with Gasteiger partial charge in [0, 0.05) is 5.75 Å². The van der Waals surface area contributed by atoms with Crippen LogP contribution in [0.3, 0.4) is 0 Å². The summed E-state index contributed by atoms with van der Waals surface area (Å²) in [4.78, 5) is 2.44. The quantitative estimate of drug-likeness (QED) is 0.781. The molecule has 0 amide bonds. The van der Waals surface area contributed by atoms with Crippen molar-refractivity contribution in [3.63, 3.8) is 0 Å². The van der Waals surface area contributed by atoms with Crippen molar-refractivity contribution >= 4 is 11.8 Å². The van der Waals surface area contributed by atoms with Crippen molar-refractivity contribution in [3.05, 3.63) is 41.7 Å². The van der Waals surface area contributed by atoms with Crippen molar-refractivity contribution in [3.8, 4) is 0 Å². The highest BCUT2D eigenvalue weighted by atomic mass is 32.2. The van der Waals surface area contributed by atoms with Gasteiger partial charge in [0.15, 0.2) is 5.16 Å². The molecule has 0 aliphatic carbocycles. The molecule has 3 rings (SSSR count). The van der Waals surface area contributed by atoms with Crippen LogP contribution < -0.4 is 0 Å². The van der Waals surface area contributed by atoms with E-state index < -0.39 is 5.60 Å². The lowest BCUT2D eigenvalue weighted by molar-refractivity contribution is 0.107. The summed E-state index contributed by atoms with van der Waals surface area (Å²) in [6.07, 6.45) is 2.54. The van der Waals surface area contributed by atoms with Crippen LogP contribution in [0.25, 0.3) is 0 Å². The van der Waals surface area contributed by atoms with Gasteiger partial charge in [0.2, 0.25) is 0 Å². The predicted octanol–water partition coefficient (Wildman–Crippen LogP) is 2.79. The summed E-state index contributed by atoms with van der Waals surface area (Å²) in [5, 5.41) is 19.7. The predicted molar refractivity (Wildman–Crippen MR) is 97.1 cm³/mol. The van der Waals surface area contributed by atoms with Gasteiger partial charge in [-0.15, -0.1) is 10.2 Å². The van der Waals surface area contributed by atoms with E-state index in [0.29, 0.717) is 5.75 Å². The van der Waals surface area contributed by atoms with Crippen LogP contribution in [0.15, 0.2) is 35.5 Å². The Bertz CT molecular complexity index is 645. The van der Waals surface area contributed by atoms with Gasteiger partial charge in [-0.3, -0.25) is 4.90 Å². The minimum absolute atomic E-state index is 0.601. The van der Waals surface area contributed by atoms with Crippen molar-refractivity contribution in [1.82, 2.24) is 19.7 Å². The molecule has 130 valence electrons. The Labute approximate surface area is 148 Å². The molecule has 0 atom stereocenters. The summed E-state index contributed by atoms with van der Waals surface area (Å²) >= 11 is 1.57. The van der Waals surface area contributed by atoms with Crippen molar-refractivity contribution in [2.24, 2.45) is 0 Å². The van der Waals surface area contributed by atoms with Gasteiger partial charge in [-0.1, -0.05) is 42.1 Å². The number of aromatic nitrogens is 3. The third-order valence-electron chi connectivity index (χ3n) is 4.10. The van der Waals surface area contributed by atoms with Gasteiger partial charge >= 0.3 is 0 Å². The number of benzene rings is 1. The maximum Gasteiger partial charge on any atom is 0.191 e. The second-order valence-electron chi connectivity index (χ2n) is 7.05. The van der Waals surface area contributed by atoms with Gasteiger partial charge in [0.05, 0.1) is 18.7 Å². The van der Waals surface area contributed by atoms with E-state index in [-0.39, 0.29) is 0 Å². The summed E-state index contributed by atoms with van der Waals surface area (Å²) in [6.45, 7) is 7.55. The van der Waals surface area contributed by atoms with Crippen molar-refractivity contribution in [2.75, 3.05) is 18.8 Å². The van der Waals surface area contributed by atoms with Crippen LogP contribution in [0, 0.1) is 0 Å². The summed E-state index contributed by atoms with van der Waals surface area (Å²) in [5.41, 5.74) is 0.522. The van der Waals surface area contributed by atoms with E-state index in [4.69, 9.17) is 0 Å². The minimum atomic E-state index is -0.719. The van der Waals surface area contributed by atoms with Crippen LogP contribution in [0.2, 0.25) is 0 Å². The topological polar surface area (TPSA) is 54.2 Å². The molecule has 0 unspecified atom stereocenters. The normalized spacial score (nSPS) is 16.0. The van der Waals surface area contributed by atoms with Crippen LogP contribution in [0.5, 0.6) is 0 Å². The van der Waals surface area contributed by atoms with Crippen LogP contribution >= 0.6 is 11.8 Å².